The average Bonchev–Trinajstić information content (AvgIpc) is 3.34. The molecule has 1 saturated carbocycles. The molecule has 32 heavy (non-hydrogen) atoms. The van der Waals surface area contributed by atoms with Crippen molar-refractivity contribution in [1.29, 1.82) is 0 Å². The molecule has 1 aromatic heterocycles. The van der Waals surface area contributed by atoms with Crippen molar-refractivity contribution in [1.82, 2.24) is 9.78 Å². The number of aromatic nitrogens is 2. The number of nitrogens with one attached hydrogen (secondary N) is 1. The van der Waals surface area contributed by atoms with Gasteiger partial charge >= 0.3 is 7.12 Å². The van der Waals surface area contributed by atoms with Gasteiger partial charge in [-0.1, -0.05) is 33.3 Å². The van der Waals surface area contributed by atoms with E-state index in [1.807, 2.05) is 43.7 Å². The Balaban J connectivity index is 1.64. The summed E-state index contributed by atoms with van der Waals surface area (Å²) >= 11 is 0. The molecule has 8 nitrogen and oxygen atoms in total. The zero-order chi connectivity index (χ0) is 23.0. The Morgan fingerprint density at radius 2 is 2.22 bits per heavy atom. The summed E-state index contributed by atoms with van der Waals surface area (Å²) in [5.41, 5.74) is 8.14. The smallest absolute Gasteiger partial charge is 0.532 e. The maximum atomic E-state index is 12.1. The lowest BCUT2D eigenvalue weighted by Crippen LogP contribution is -2.34. The van der Waals surface area contributed by atoms with Crippen molar-refractivity contribution in [2.24, 2.45) is 22.1 Å². The Kier molecular flexibility index (Phi) is 5.86. The van der Waals surface area contributed by atoms with Gasteiger partial charge in [-0.25, -0.2) is 0 Å². The predicted octanol–water partition coefficient (Wildman–Crippen LogP) is 3.61. The average molecular weight is 435 g/mol. The lowest BCUT2D eigenvalue weighted by atomic mass is 9.63. The molecule has 2 aromatic rings. The van der Waals surface area contributed by atoms with E-state index in [4.69, 9.17) is 10.4 Å². The van der Waals surface area contributed by atoms with E-state index in [2.05, 4.69) is 22.1 Å². The van der Waals surface area contributed by atoms with Gasteiger partial charge in [-0.2, -0.15) is 5.10 Å². The van der Waals surface area contributed by atoms with Crippen LogP contribution in [-0.4, -0.2) is 41.1 Å². The van der Waals surface area contributed by atoms with Gasteiger partial charge in [0.05, 0.1) is 6.04 Å². The van der Waals surface area contributed by atoms with E-state index >= 15 is 0 Å². The maximum Gasteiger partial charge on any atom is 0.556 e. The third kappa shape index (κ3) is 4.30. The molecule has 4 N–H and O–H groups in total. The molecule has 0 spiro atoms. The fourth-order valence-electron chi connectivity index (χ4n) is 4.57. The zero-order valence-corrected chi connectivity index (χ0v) is 18.8. The minimum atomic E-state index is -0.970. The fourth-order valence-corrected chi connectivity index (χ4v) is 4.57. The molecule has 1 aliphatic heterocycles. The van der Waals surface area contributed by atoms with Crippen LogP contribution in [0.5, 0.6) is 5.75 Å². The first-order chi connectivity index (χ1) is 15.2. The number of hydrogen-bond donors (Lipinski definition) is 3. The number of amides is 1. The Morgan fingerprint density at radius 1 is 1.44 bits per heavy atom. The first-order valence-corrected chi connectivity index (χ1v) is 11.0. The normalized spacial score (nSPS) is 20.4. The Morgan fingerprint density at radius 3 is 2.91 bits per heavy atom. The van der Waals surface area contributed by atoms with Crippen LogP contribution in [0.1, 0.15) is 62.0 Å². The van der Waals surface area contributed by atoms with Gasteiger partial charge < -0.3 is 25.7 Å². The molecule has 1 aliphatic carbocycles. The molecule has 1 fully saturated rings. The SMILES string of the molecule is C=NC[C@H]1CCCC1n1cc(C(N)=O)c(Nc2ccc3c(c2)C=C(C(C)(C)C)B(O)O3)n1. The van der Waals surface area contributed by atoms with Crippen LogP contribution < -0.4 is 15.7 Å². The number of carbonyl (C=O) groups is 1. The first kappa shape index (κ1) is 22.1. The van der Waals surface area contributed by atoms with E-state index in [-0.39, 0.29) is 11.5 Å². The van der Waals surface area contributed by atoms with Crippen LogP contribution >= 0.6 is 0 Å². The van der Waals surface area contributed by atoms with Crippen molar-refractivity contribution in [3.05, 3.63) is 41.0 Å². The van der Waals surface area contributed by atoms with Crippen LogP contribution in [0.25, 0.3) is 6.08 Å². The van der Waals surface area contributed by atoms with Crippen LogP contribution in [0.3, 0.4) is 0 Å². The molecular weight excluding hydrogens is 405 g/mol. The summed E-state index contributed by atoms with van der Waals surface area (Å²) in [7, 11) is -0.970. The number of nitrogens with two attached hydrogens (primary N) is 1. The lowest BCUT2D eigenvalue weighted by molar-refractivity contribution is 0.100. The number of carbonyl (C=O) groups excluding carboxylic acids is 1. The molecule has 9 heteroatoms. The van der Waals surface area contributed by atoms with Gasteiger partial charge in [0.15, 0.2) is 5.82 Å². The number of nitrogens with zero attached hydrogens (tertiary/aromatic N) is 3. The molecule has 4 rings (SSSR count). The molecule has 2 atom stereocenters. The van der Waals surface area contributed by atoms with E-state index in [9.17, 15) is 9.82 Å². The van der Waals surface area contributed by atoms with Crippen LogP contribution in [0.15, 0.2) is 34.9 Å². The summed E-state index contributed by atoms with van der Waals surface area (Å²) in [5, 5.41) is 18.3. The number of aliphatic imine (C=N–C) groups is 1. The van der Waals surface area contributed by atoms with Gasteiger partial charge in [0.25, 0.3) is 5.91 Å². The van der Waals surface area contributed by atoms with Gasteiger partial charge in [-0.15, -0.1) is 0 Å². The fraction of sp³-hybridized carbons (Fsp3) is 0.435. The highest BCUT2D eigenvalue weighted by Crippen LogP contribution is 2.39. The minimum absolute atomic E-state index is 0.171. The highest BCUT2D eigenvalue weighted by molar-refractivity contribution is 6.55. The first-order valence-electron chi connectivity index (χ1n) is 11.0. The number of rotatable bonds is 6. The third-order valence-electron chi connectivity index (χ3n) is 6.27. The summed E-state index contributed by atoms with van der Waals surface area (Å²) in [5.74, 6) is 0.845. The van der Waals surface area contributed by atoms with Gasteiger partial charge in [0, 0.05) is 29.9 Å². The standard InChI is InChI=1S/C23H30BN5O3/c1-23(2,3)20-11-15-10-16(8-9-19(15)32-24(20)31)27-22-17(21(25)30)13-29(28-22)18-7-5-6-14(18)12-26-4/h8-11,13-14,18,31H,4-7,12H2,1-3H3,(H2,25,30)(H,27,28)/t14-,18?/m1/s1. The van der Waals surface area contributed by atoms with Gasteiger partial charge in [0.2, 0.25) is 0 Å². The molecule has 0 bridgehead atoms. The van der Waals surface area contributed by atoms with Crippen molar-refractivity contribution in [3.63, 3.8) is 0 Å². The number of benzene rings is 1. The maximum absolute atomic E-state index is 12.1. The molecule has 0 saturated heterocycles. The van der Waals surface area contributed by atoms with Crippen molar-refractivity contribution in [3.8, 4) is 5.75 Å². The summed E-state index contributed by atoms with van der Waals surface area (Å²) < 4.78 is 7.54. The van der Waals surface area contributed by atoms with Crippen LogP contribution in [0.2, 0.25) is 0 Å². The van der Waals surface area contributed by atoms with E-state index in [0.29, 0.717) is 29.6 Å². The largest absolute Gasteiger partial charge is 0.556 e. The Labute approximate surface area is 188 Å². The Hall–Kier alpha value is -3.07. The van der Waals surface area contributed by atoms with E-state index < -0.39 is 13.0 Å². The summed E-state index contributed by atoms with van der Waals surface area (Å²) in [4.78, 5) is 16.2. The van der Waals surface area contributed by atoms with Crippen molar-refractivity contribution in [2.45, 2.75) is 46.1 Å². The van der Waals surface area contributed by atoms with Gasteiger partial charge in [-0.3, -0.25) is 9.48 Å². The Bertz CT molecular complexity index is 1070. The van der Waals surface area contributed by atoms with Crippen molar-refractivity contribution < 1.29 is 14.5 Å². The molecule has 1 amide bonds. The molecule has 2 heterocycles. The van der Waals surface area contributed by atoms with Crippen LogP contribution in [-0.2, 0) is 0 Å². The van der Waals surface area contributed by atoms with E-state index in [1.165, 1.54) is 0 Å². The molecule has 0 radical (unpaired) electrons. The van der Waals surface area contributed by atoms with Gasteiger partial charge in [0.1, 0.15) is 11.3 Å². The molecule has 2 aliphatic rings. The number of allylic oxidation sites excluding steroid dienone is 1. The van der Waals surface area contributed by atoms with Gasteiger partial charge in [-0.05, 0) is 48.6 Å². The quantitative estimate of drug-likeness (QED) is 0.474. The second-order valence-corrected chi connectivity index (χ2v) is 9.60. The highest BCUT2D eigenvalue weighted by Gasteiger charge is 2.35. The third-order valence-corrected chi connectivity index (χ3v) is 6.27. The summed E-state index contributed by atoms with van der Waals surface area (Å²) in [6.45, 7) is 10.4. The highest BCUT2D eigenvalue weighted by atomic mass is 16.5. The molecule has 1 unspecified atom stereocenters. The lowest BCUT2D eigenvalue weighted by Gasteiger charge is -2.29. The number of anilines is 2. The molecular formula is C23H30BN5O3. The minimum Gasteiger partial charge on any atom is -0.532 e. The summed E-state index contributed by atoms with van der Waals surface area (Å²) in [6, 6.07) is 5.70. The van der Waals surface area contributed by atoms with Crippen molar-refractivity contribution in [2.75, 3.05) is 11.9 Å². The van der Waals surface area contributed by atoms with Crippen LogP contribution in [0, 0.1) is 11.3 Å². The van der Waals surface area contributed by atoms with Crippen LogP contribution in [0.4, 0.5) is 11.5 Å². The van der Waals surface area contributed by atoms with E-state index in [1.54, 1.807) is 12.3 Å². The number of fused-ring (bicyclic) bond motifs is 1. The second kappa shape index (κ2) is 8.46. The number of primary amides is 1. The summed E-state index contributed by atoms with van der Waals surface area (Å²) in [6.07, 6.45) is 6.83. The molecule has 1 aromatic carbocycles. The topological polar surface area (TPSA) is 115 Å². The second-order valence-electron chi connectivity index (χ2n) is 9.60. The monoisotopic (exact) mass is 435 g/mol. The van der Waals surface area contributed by atoms with Crippen molar-refractivity contribution >= 4 is 37.3 Å². The molecule has 168 valence electrons. The zero-order valence-electron chi connectivity index (χ0n) is 18.8. The number of hydrogen-bond acceptors (Lipinski definition) is 6. The van der Waals surface area contributed by atoms with E-state index in [0.717, 1.165) is 36.0 Å². The predicted molar refractivity (Wildman–Crippen MR) is 127 cm³/mol.